The Labute approximate surface area is 105 Å². The number of aliphatic carboxylic acids is 1. The fourth-order valence-corrected chi connectivity index (χ4v) is 1.16. The summed E-state index contributed by atoms with van der Waals surface area (Å²) in [4.78, 5) is 35.5. The third-order valence-corrected chi connectivity index (χ3v) is 2.08. The van der Waals surface area contributed by atoms with E-state index in [1.165, 1.54) is 19.1 Å². The van der Waals surface area contributed by atoms with Gasteiger partial charge in [-0.05, 0) is 0 Å². The van der Waals surface area contributed by atoms with Crippen molar-refractivity contribution in [1.29, 1.82) is 0 Å². The summed E-state index contributed by atoms with van der Waals surface area (Å²) in [5.74, 6) is 0.608. The van der Waals surface area contributed by atoms with Crippen LogP contribution in [0.2, 0.25) is 0 Å². The van der Waals surface area contributed by atoms with Crippen molar-refractivity contribution < 1.29 is 24.2 Å². The van der Waals surface area contributed by atoms with E-state index in [9.17, 15) is 14.4 Å². The molecular formula is C11H16N2O5. The van der Waals surface area contributed by atoms with Crippen molar-refractivity contribution in [2.45, 2.75) is 6.42 Å². The number of amides is 2. The van der Waals surface area contributed by atoms with Gasteiger partial charge in [-0.15, -0.1) is 6.42 Å². The number of hydrogen-bond acceptors (Lipinski definition) is 4. The van der Waals surface area contributed by atoms with Gasteiger partial charge in [-0.3, -0.25) is 9.59 Å². The highest BCUT2D eigenvalue weighted by Gasteiger charge is 2.20. The smallest absolute Gasteiger partial charge is 0.323 e. The average molecular weight is 256 g/mol. The maximum atomic E-state index is 11.8. The Morgan fingerprint density at radius 2 is 2.00 bits per heavy atom. The lowest BCUT2D eigenvalue weighted by molar-refractivity contribution is -0.141. The van der Waals surface area contributed by atoms with Crippen LogP contribution in [-0.4, -0.2) is 66.7 Å². The molecule has 2 amide bonds. The highest BCUT2D eigenvalue weighted by atomic mass is 16.5. The van der Waals surface area contributed by atoms with Crippen molar-refractivity contribution in [3.63, 3.8) is 0 Å². The summed E-state index contributed by atoms with van der Waals surface area (Å²) in [7, 11) is 2.70. The number of urea groups is 1. The van der Waals surface area contributed by atoms with Crippen LogP contribution >= 0.6 is 0 Å². The van der Waals surface area contributed by atoms with Crippen molar-refractivity contribution in [2.75, 3.05) is 33.8 Å². The van der Waals surface area contributed by atoms with Crippen LogP contribution in [0.15, 0.2) is 0 Å². The standard InChI is InChI=1S/C11H16N2O5/c1-4-6-13(8-9(14)15)11(17)12(2)7-5-10(16)18-3/h1H,5-8H2,2-3H3,(H,14,15). The first-order valence-electron chi connectivity index (χ1n) is 5.14. The van der Waals surface area contributed by atoms with Gasteiger partial charge in [0.2, 0.25) is 0 Å². The molecule has 0 bridgehead atoms. The minimum Gasteiger partial charge on any atom is -0.480 e. The molecule has 0 rings (SSSR count). The van der Waals surface area contributed by atoms with E-state index in [1.807, 2.05) is 0 Å². The zero-order valence-corrected chi connectivity index (χ0v) is 10.4. The van der Waals surface area contributed by atoms with E-state index in [2.05, 4.69) is 10.7 Å². The number of terminal acetylenes is 1. The van der Waals surface area contributed by atoms with Gasteiger partial charge in [-0.2, -0.15) is 0 Å². The number of carboxylic acid groups (broad SMARTS) is 1. The molecule has 0 fully saturated rings. The normalized spacial score (nSPS) is 9.17. The maximum absolute atomic E-state index is 11.8. The van der Waals surface area contributed by atoms with Gasteiger partial charge in [-0.25, -0.2) is 4.79 Å². The minimum atomic E-state index is -1.15. The molecule has 18 heavy (non-hydrogen) atoms. The summed E-state index contributed by atoms with van der Waals surface area (Å²) >= 11 is 0. The molecule has 0 aromatic carbocycles. The first-order chi connectivity index (χ1) is 8.42. The van der Waals surface area contributed by atoms with Crippen LogP contribution in [0.4, 0.5) is 4.79 Å². The molecule has 7 nitrogen and oxygen atoms in total. The second-order valence-electron chi connectivity index (χ2n) is 3.48. The number of carbonyl (C=O) groups is 3. The lowest BCUT2D eigenvalue weighted by atomic mass is 10.4. The summed E-state index contributed by atoms with van der Waals surface area (Å²) < 4.78 is 4.44. The zero-order valence-electron chi connectivity index (χ0n) is 10.4. The Balaban J connectivity index is 4.42. The van der Waals surface area contributed by atoms with E-state index in [1.54, 1.807) is 0 Å². The molecule has 0 aliphatic carbocycles. The minimum absolute atomic E-state index is 0.0374. The van der Waals surface area contributed by atoms with Crippen LogP contribution in [0.5, 0.6) is 0 Å². The van der Waals surface area contributed by atoms with E-state index >= 15 is 0 Å². The number of nitrogens with zero attached hydrogens (tertiary/aromatic N) is 2. The summed E-state index contributed by atoms with van der Waals surface area (Å²) in [5, 5.41) is 8.64. The first-order valence-corrected chi connectivity index (χ1v) is 5.14. The van der Waals surface area contributed by atoms with Gasteiger partial charge < -0.3 is 19.6 Å². The van der Waals surface area contributed by atoms with E-state index in [4.69, 9.17) is 11.5 Å². The van der Waals surface area contributed by atoms with Crippen molar-refractivity contribution in [3.8, 4) is 12.3 Å². The molecule has 0 aromatic rings. The monoisotopic (exact) mass is 256 g/mol. The van der Waals surface area contributed by atoms with Gasteiger partial charge in [0.25, 0.3) is 0 Å². The zero-order chi connectivity index (χ0) is 14.1. The predicted molar refractivity (Wildman–Crippen MR) is 62.7 cm³/mol. The van der Waals surface area contributed by atoms with Crippen LogP contribution in [0.25, 0.3) is 0 Å². The lowest BCUT2D eigenvalue weighted by Crippen LogP contribution is -2.44. The summed E-state index contributed by atoms with van der Waals surface area (Å²) in [6, 6.07) is -0.542. The van der Waals surface area contributed by atoms with E-state index < -0.39 is 24.5 Å². The Morgan fingerprint density at radius 1 is 1.39 bits per heavy atom. The third-order valence-electron chi connectivity index (χ3n) is 2.08. The molecule has 100 valence electrons. The molecule has 7 heteroatoms. The predicted octanol–water partition coefficient (Wildman–Crippen LogP) is -0.379. The van der Waals surface area contributed by atoms with Gasteiger partial charge in [0.15, 0.2) is 0 Å². The van der Waals surface area contributed by atoms with Gasteiger partial charge in [0.05, 0.1) is 20.1 Å². The number of hydrogen-bond donors (Lipinski definition) is 1. The highest BCUT2D eigenvalue weighted by Crippen LogP contribution is 1.99. The summed E-state index contributed by atoms with van der Waals surface area (Å²) in [6.07, 6.45) is 5.09. The van der Waals surface area contributed by atoms with Crippen molar-refractivity contribution in [2.24, 2.45) is 0 Å². The van der Waals surface area contributed by atoms with E-state index in [0.717, 1.165) is 4.90 Å². The number of esters is 1. The Kier molecular flexibility index (Phi) is 6.96. The Hall–Kier alpha value is -2.23. The third kappa shape index (κ3) is 5.75. The molecule has 0 aromatic heterocycles. The second-order valence-corrected chi connectivity index (χ2v) is 3.48. The quantitative estimate of drug-likeness (QED) is 0.517. The topological polar surface area (TPSA) is 87.2 Å². The lowest BCUT2D eigenvalue weighted by Gasteiger charge is -2.25. The molecule has 0 atom stereocenters. The molecule has 0 aliphatic heterocycles. The van der Waals surface area contributed by atoms with Crippen LogP contribution in [-0.2, 0) is 14.3 Å². The van der Waals surface area contributed by atoms with Crippen LogP contribution in [0.1, 0.15) is 6.42 Å². The maximum Gasteiger partial charge on any atom is 0.323 e. The SMILES string of the molecule is C#CCN(CC(=O)O)C(=O)N(C)CCC(=O)OC. The molecule has 1 N–H and O–H groups in total. The van der Waals surface area contributed by atoms with Gasteiger partial charge in [-0.1, -0.05) is 5.92 Å². The number of methoxy groups -OCH3 is 1. The molecule has 0 spiro atoms. The first kappa shape index (κ1) is 15.8. The number of carbonyl (C=O) groups excluding carboxylic acids is 2. The van der Waals surface area contributed by atoms with Crippen molar-refractivity contribution >= 4 is 18.0 Å². The van der Waals surface area contributed by atoms with Gasteiger partial charge >= 0.3 is 18.0 Å². The van der Waals surface area contributed by atoms with E-state index in [0.29, 0.717) is 0 Å². The van der Waals surface area contributed by atoms with Crippen molar-refractivity contribution in [1.82, 2.24) is 9.80 Å². The largest absolute Gasteiger partial charge is 0.480 e. The summed E-state index contributed by atoms with van der Waals surface area (Å²) in [5.41, 5.74) is 0. The molecule has 0 aliphatic rings. The average Bonchev–Trinajstić information content (AvgIpc) is 2.33. The molecule has 0 saturated carbocycles. The number of carboxylic acids is 1. The van der Waals surface area contributed by atoms with Gasteiger partial charge in [0, 0.05) is 13.6 Å². The van der Waals surface area contributed by atoms with Crippen LogP contribution in [0.3, 0.4) is 0 Å². The molecule has 0 heterocycles. The highest BCUT2D eigenvalue weighted by molar-refractivity contribution is 5.80. The second kappa shape index (κ2) is 7.95. The number of ether oxygens (including phenoxy) is 1. The Bertz CT molecular complexity index is 361. The summed E-state index contributed by atoms with van der Waals surface area (Å²) in [6.45, 7) is -0.453. The van der Waals surface area contributed by atoms with Gasteiger partial charge in [0.1, 0.15) is 6.54 Å². The van der Waals surface area contributed by atoms with E-state index in [-0.39, 0.29) is 19.5 Å². The van der Waals surface area contributed by atoms with Crippen LogP contribution < -0.4 is 0 Å². The Morgan fingerprint density at radius 3 is 2.44 bits per heavy atom. The number of rotatable bonds is 6. The van der Waals surface area contributed by atoms with Crippen molar-refractivity contribution in [3.05, 3.63) is 0 Å². The fraction of sp³-hybridized carbons (Fsp3) is 0.545. The van der Waals surface area contributed by atoms with Crippen LogP contribution in [0, 0.1) is 12.3 Å². The molecular weight excluding hydrogens is 240 g/mol. The molecule has 0 saturated heterocycles. The fourth-order valence-electron chi connectivity index (χ4n) is 1.16. The molecule has 0 unspecified atom stereocenters. The molecule has 0 radical (unpaired) electrons.